The van der Waals surface area contributed by atoms with Gasteiger partial charge in [-0.05, 0) is 49.4 Å². The molecule has 0 radical (unpaired) electrons. The molecule has 1 unspecified atom stereocenters. The summed E-state index contributed by atoms with van der Waals surface area (Å²) in [5, 5.41) is 21.9. The Labute approximate surface area is 210 Å². The summed E-state index contributed by atoms with van der Waals surface area (Å²) >= 11 is 0. The molecule has 1 atom stereocenters. The molecule has 0 aliphatic carbocycles. The number of nitrogens with zero attached hydrogens (tertiary/aromatic N) is 4. The zero-order valence-corrected chi connectivity index (χ0v) is 19.7. The number of nitrogens with two attached hydrogens (primary N) is 1. The predicted molar refractivity (Wildman–Crippen MR) is 140 cm³/mol. The first-order chi connectivity index (χ1) is 17.8. The van der Waals surface area contributed by atoms with Gasteiger partial charge in [-0.1, -0.05) is 30.3 Å². The van der Waals surface area contributed by atoms with Crippen molar-refractivity contribution >= 4 is 28.3 Å². The highest BCUT2D eigenvalue weighted by Crippen LogP contribution is 2.27. The molecule has 37 heavy (non-hydrogen) atoms. The van der Waals surface area contributed by atoms with Crippen molar-refractivity contribution < 1.29 is 9.50 Å². The van der Waals surface area contributed by atoms with Gasteiger partial charge in [0, 0.05) is 5.56 Å². The molecule has 2 heterocycles. The van der Waals surface area contributed by atoms with Crippen LogP contribution in [-0.2, 0) is 0 Å². The van der Waals surface area contributed by atoms with Gasteiger partial charge in [0.25, 0.3) is 5.56 Å². The van der Waals surface area contributed by atoms with Gasteiger partial charge in [0.15, 0.2) is 11.6 Å². The van der Waals surface area contributed by atoms with E-state index >= 15 is 0 Å². The number of nitrogen functional groups attached to an aromatic ring is 1. The summed E-state index contributed by atoms with van der Waals surface area (Å²) in [4.78, 5) is 26.6. The number of para-hydroxylation sites is 2. The average molecular weight is 496 g/mol. The summed E-state index contributed by atoms with van der Waals surface area (Å²) in [5.74, 6) is -0.759. The third-order valence-electron chi connectivity index (χ3n) is 5.92. The molecule has 0 fully saturated rings. The monoisotopic (exact) mass is 495 g/mol. The Hall–Kier alpha value is -5.12. The molecule has 9 nitrogen and oxygen atoms in total. The highest BCUT2D eigenvalue weighted by atomic mass is 19.1. The fourth-order valence-corrected chi connectivity index (χ4v) is 4.10. The Morgan fingerprint density at radius 3 is 2.57 bits per heavy atom. The van der Waals surface area contributed by atoms with Crippen LogP contribution >= 0.6 is 0 Å². The number of hydrogen-bond donors (Lipinski definition) is 4. The molecular weight excluding hydrogens is 473 g/mol. The van der Waals surface area contributed by atoms with Crippen LogP contribution in [0.15, 0.2) is 83.9 Å². The normalized spacial score (nSPS) is 11.8. The molecular formula is C27H22FN7O2. The lowest BCUT2D eigenvalue weighted by Crippen LogP contribution is -2.28. The molecule has 10 heteroatoms. The summed E-state index contributed by atoms with van der Waals surface area (Å²) < 4.78 is 15.5. The second-order valence-corrected chi connectivity index (χ2v) is 8.35. The van der Waals surface area contributed by atoms with Crippen molar-refractivity contribution in [2.24, 2.45) is 0 Å². The van der Waals surface area contributed by atoms with E-state index in [4.69, 9.17) is 16.1 Å². The maximum atomic E-state index is 14.0. The molecule has 0 saturated carbocycles. The molecule has 2 aromatic heterocycles. The van der Waals surface area contributed by atoms with Gasteiger partial charge in [0.1, 0.15) is 23.8 Å². The lowest BCUT2D eigenvalue weighted by atomic mass is 10.0. The Kier molecular flexibility index (Phi) is 6.06. The van der Waals surface area contributed by atoms with Gasteiger partial charge in [0.05, 0.1) is 33.9 Å². The lowest BCUT2D eigenvalue weighted by Gasteiger charge is -2.21. The Bertz CT molecular complexity index is 1700. The van der Waals surface area contributed by atoms with Gasteiger partial charge < -0.3 is 16.2 Å². The summed E-state index contributed by atoms with van der Waals surface area (Å²) in [6.07, 6.45) is 1.25. The van der Waals surface area contributed by atoms with Crippen LogP contribution in [0, 0.1) is 11.2 Å². The number of aromatic nitrogens is 4. The molecule has 3 aromatic carbocycles. The van der Waals surface area contributed by atoms with Crippen molar-refractivity contribution in [1.29, 1.82) is 5.41 Å². The number of fused-ring (bicyclic) bond motifs is 1. The van der Waals surface area contributed by atoms with E-state index in [2.05, 4.69) is 15.3 Å². The molecule has 5 aromatic rings. The van der Waals surface area contributed by atoms with Crippen LogP contribution in [0.25, 0.3) is 16.6 Å². The highest BCUT2D eigenvalue weighted by molar-refractivity contribution is 6.16. The first-order valence-corrected chi connectivity index (χ1v) is 11.4. The minimum atomic E-state index is -0.868. The number of hydrogen-bond acceptors (Lipinski definition) is 8. The fourth-order valence-electron chi connectivity index (χ4n) is 4.10. The van der Waals surface area contributed by atoms with E-state index in [1.54, 1.807) is 18.2 Å². The minimum Gasteiger partial charge on any atom is -0.505 e. The van der Waals surface area contributed by atoms with Crippen LogP contribution in [0.4, 0.5) is 16.0 Å². The van der Waals surface area contributed by atoms with E-state index < -0.39 is 17.6 Å². The van der Waals surface area contributed by atoms with Gasteiger partial charge in [-0.25, -0.2) is 19.3 Å². The van der Waals surface area contributed by atoms with Crippen molar-refractivity contribution in [2.75, 3.05) is 11.1 Å². The van der Waals surface area contributed by atoms with E-state index in [9.17, 15) is 14.3 Å². The van der Waals surface area contributed by atoms with Gasteiger partial charge in [-0.3, -0.25) is 14.8 Å². The smallest absolute Gasteiger partial charge is 0.266 e. The van der Waals surface area contributed by atoms with E-state index in [-0.39, 0.29) is 34.0 Å². The van der Waals surface area contributed by atoms with Crippen LogP contribution < -0.4 is 16.6 Å². The number of phenols is 1. The summed E-state index contributed by atoms with van der Waals surface area (Å²) in [7, 11) is 0. The maximum absolute atomic E-state index is 14.0. The lowest BCUT2D eigenvalue weighted by molar-refractivity contribution is 0.432. The summed E-state index contributed by atoms with van der Waals surface area (Å²) in [5.41, 5.74) is 7.26. The topological polar surface area (TPSA) is 143 Å². The molecule has 0 aliphatic rings. The third-order valence-corrected chi connectivity index (χ3v) is 5.92. The Morgan fingerprint density at radius 1 is 1.08 bits per heavy atom. The molecule has 0 amide bonds. The van der Waals surface area contributed by atoms with Gasteiger partial charge in [-0.2, -0.15) is 0 Å². The average Bonchev–Trinajstić information content (AvgIpc) is 2.90. The number of nitrogens with one attached hydrogen (secondary N) is 2. The highest BCUT2D eigenvalue weighted by Gasteiger charge is 2.22. The number of aromatic hydroxyl groups is 1. The van der Waals surface area contributed by atoms with Crippen molar-refractivity contribution in [2.45, 2.75) is 13.0 Å². The van der Waals surface area contributed by atoms with E-state index in [1.165, 1.54) is 17.0 Å². The number of halogens is 1. The van der Waals surface area contributed by atoms with Crippen LogP contribution in [0.3, 0.4) is 0 Å². The molecule has 0 spiro atoms. The van der Waals surface area contributed by atoms with Crippen LogP contribution in [0.2, 0.25) is 0 Å². The SMILES string of the molecule is CC(Nc1ncnc(N)c1C(=N)c1ccc(O)c(F)c1)c1nc2ccccc2c(=O)n1-c1ccccc1. The Morgan fingerprint density at radius 2 is 1.81 bits per heavy atom. The molecule has 5 N–H and O–H groups in total. The first kappa shape index (κ1) is 23.6. The fraction of sp³-hybridized carbons (Fsp3) is 0.0741. The second kappa shape index (κ2) is 9.50. The van der Waals surface area contributed by atoms with Crippen molar-refractivity contribution in [1.82, 2.24) is 19.5 Å². The minimum absolute atomic E-state index is 0.00936. The second-order valence-electron chi connectivity index (χ2n) is 8.35. The number of benzene rings is 3. The van der Waals surface area contributed by atoms with Gasteiger partial charge >= 0.3 is 0 Å². The zero-order valence-electron chi connectivity index (χ0n) is 19.7. The van der Waals surface area contributed by atoms with Crippen LogP contribution in [-0.4, -0.2) is 30.3 Å². The number of phenolic OH excluding ortho intramolecular Hbond substituents is 1. The Balaban J connectivity index is 1.61. The van der Waals surface area contributed by atoms with Crippen molar-refractivity contribution in [3.8, 4) is 11.4 Å². The van der Waals surface area contributed by atoms with Crippen molar-refractivity contribution in [3.63, 3.8) is 0 Å². The largest absolute Gasteiger partial charge is 0.505 e. The van der Waals surface area contributed by atoms with E-state index in [0.717, 1.165) is 12.1 Å². The van der Waals surface area contributed by atoms with Crippen LogP contribution in [0.5, 0.6) is 5.75 Å². The molecule has 0 bridgehead atoms. The van der Waals surface area contributed by atoms with Gasteiger partial charge in [-0.15, -0.1) is 0 Å². The van der Waals surface area contributed by atoms with E-state index in [1.807, 2.05) is 43.3 Å². The summed E-state index contributed by atoms with van der Waals surface area (Å²) in [6.45, 7) is 1.81. The van der Waals surface area contributed by atoms with Crippen LogP contribution in [0.1, 0.15) is 29.9 Å². The third kappa shape index (κ3) is 4.36. The molecule has 5 rings (SSSR count). The standard InChI is InChI=1S/C27H22FN7O2/c1-15(26-34-20-10-6-5-9-18(20)27(37)35(26)17-7-3-2-4-8-17)33-25-22(24(30)31-14-32-25)23(29)16-11-12-21(36)19(28)13-16/h2-15,29,36H,1H3,(H3,30,31,32,33). The molecule has 0 aliphatic heterocycles. The zero-order chi connectivity index (χ0) is 26.1. The molecule has 0 saturated heterocycles. The maximum Gasteiger partial charge on any atom is 0.266 e. The van der Waals surface area contributed by atoms with Gasteiger partial charge in [0.2, 0.25) is 0 Å². The quantitative estimate of drug-likeness (QED) is 0.259. The number of rotatable bonds is 6. The summed E-state index contributed by atoms with van der Waals surface area (Å²) in [6, 6.07) is 19.3. The number of anilines is 2. The van der Waals surface area contributed by atoms with Crippen molar-refractivity contribution in [3.05, 3.63) is 112 Å². The van der Waals surface area contributed by atoms with E-state index in [0.29, 0.717) is 22.4 Å². The first-order valence-electron chi connectivity index (χ1n) is 11.4. The predicted octanol–water partition coefficient (Wildman–Crippen LogP) is 4.19. The molecule has 184 valence electrons.